The molecule has 0 atom stereocenters. The first-order valence-electron chi connectivity index (χ1n) is 2.31. The molecule has 0 amide bonds. The first-order valence-corrected chi connectivity index (χ1v) is 2.31. The standard InChI is InChI=1S/C7H6/c1-2-4-6-7-5-3-1/h1-3,6H,4H2. The van der Waals surface area contributed by atoms with E-state index in [4.69, 9.17) is 0 Å². The molecule has 1 aliphatic carbocycles. The normalized spacial score (nSPS) is 14.9. The van der Waals surface area contributed by atoms with Crippen LogP contribution < -0.4 is 0 Å². The molecule has 0 saturated heterocycles. The van der Waals surface area contributed by atoms with Crippen LogP contribution in [0, 0.1) is 0 Å². The van der Waals surface area contributed by atoms with E-state index in [1.165, 1.54) is 0 Å². The van der Waals surface area contributed by atoms with E-state index in [1.54, 1.807) is 0 Å². The van der Waals surface area contributed by atoms with Crippen LogP contribution in [0.4, 0.5) is 0 Å². The molecule has 1 rings (SSSR count). The summed E-state index contributed by atoms with van der Waals surface area (Å²) in [4.78, 5) is 0. The lowest BCUT2D eigenvalue weighted by Gasteiger charge is -1.67. The second-order valence-electron chi connectivity index (χ2n) is 1.32. The molecule has 0 heterocycles. The summed E-state index contributed by atoms with van der Waals surface area (Å²) < 4.78 is 0. The van der Waals surface area contributed by atoms with Gasteiger partial charge in [0.1, 0.15) is 0 Å². The van der Waals surface area contributed by atoms with E-state index in [0.29, 0.717) is 0 Å². The molecule has 7 heavy (non-hydrogen) atoms. The minimum atomic E-state index is 0.990. The molecular weight excluding hydrogens is 84.1 g/mol. The van der Waals surface area contributed by atoms with Gasteiger partial charge in [0, 0.05) is 0 Å². The van der Waals surface area contributed by atoms with Crippen LogP contribution in [0.25, 0.3) is 0 Å². The lowest BCUT2D eigenvalue weighted by atomic mass is 10.4. The SMILES string of the molecule is C1=C=CCC=CC=1. The predicted octanol–water partition coefficient (Wildman–Crippen LogP) is 1.81. The molecule has 0 fully saturated rings. The summed E-state index contributed by atoms with van der Waals surface area (Å²) in [5, 5.41) is 0. The van der Waals surface area contributed by atoms with Crippen molar-refractivity contribution in [1.82, 2.24) is 0 Å². The fraction of sp³-hybridized carbons (Fsp3) is 0.143. The van der Waals surface area contributed by atoms with E-state index in [2.05, 4.69) is 17.5 Å². The van der Waals surface area contributed by atoms with Gasteiger partial charge in [0.15, 0.2) is 0 Å². The Labute approximate surface area is 43.2 Å². The molecule has 0 heteroatoms. The fourth-order valence-corrected chi connectivity index (χ4v) is 0.429. The topological polar surface area (TPSA) is 0 Å². The lowest BCUT2D eigenvalue weighted by Crippen LogP contribution is -1.48. The van der Waals surface area contributed by atoms with Crippen molar-refractivity contribution in [2.24, 2.45) is 0 Å². The Kier molecular flexibility index (Phi) is 1.35. The maximum atomic E-state index is 2.85. The number of hydrogen-bond acceptors (Lipinski definition) is 0. The summed E-state index contributed by atoms with van der Waals surface area (Å²) in [6, 6.07) is 0. The van der Waals surface area contributed by atoms with E-state index in [0.717, 1.165) is 6.42 Å². The molecule has 0 aromatic heterocycles. The highest BCUT2D eigenvalue weighted by molar-refractivity contribution is 5.07. The van der Waals surface area contributed by atoms with E-state index < -0.39 is 0 Å². The molecule has 0 aromatic carbocycles. The summed E-state index contributed by atoms with van der Waals surface area (Å²) in [6.07, 6.45) is 8.82. The van der Waals surface area contributed by atoms with E-state index >= 15 is 0 Å². The van der Waals surface area contributed by atoms with Gasteiger partial charge in [-0.1, -0.05) is 23.6 Å². The van der Waals surface area contributed by atoms with Gasteiger partial charge in [0.05, 0.1) is 0 Å². The van der Waals surface area contributed by atoms with Gasteiger partial charge < -0.3 is 0 Å². The zero-order chi connectivity index (χ0) is 4.95. The molecule has 1 aliphatic rings. The van der Waals surface area contributed by atoms with Gasteiger partial charge in [0.25, 0.3) is 0 Å². The summed E-state index contributed by atoms with van der Waals surface area (Å²) >= 11 is 0. The smallest absolute Gasteiger partial charge is 0.00832 e. The van der Waals surface area contributed by atoms with Crippen molar-refractivity contribution in [3.8, 4) is 0 Å². The number of allylic oxidation sites excluding steroid dienone is 4. The van der Waals surface area contributed by atoms with Crippen LogP contribution in [-0.4, -0.2) is 0 Å². The zero-order valence-corrected chi connectivity index (χ0v) is 4.02. The lowest BCUT2D eigenvalue weighted by molar-refractivity contribution is 1.41. The second kappa shape index (κ2) is 2.25. The molecule has 0 nitrogen and oxygen atoms in total. The third-order valence-electron chi connectivity index (χ3n) is 0.755. The van der Waals surface area contributed by atoms with Crippen molar-refractivity contribution in [3.63, 3.8) is 0 Å². The van der Waals surface area contributed by atoms with Crippen LogP contribution in [0.1, 0.15) is 6.42 Å². The van der Waals surface area contributed by atoms with Gasteiger partial charge >= 0.3 is 0 Å². The summed E-state index contributed by atoms with van der Waals surface area (Å²) in [5.41, 5.74) is 5.68. The van der Waals surface area contributed by atoms with Gasteiger partial charge in [-0.3, -0.25) is 0 Å². The monoisotopic (exact) mass is 90.0 g/mol. The third-order valence-corrected chi connectivity index (χ3v) is 0.755. The minimum Gasteiger partial charge on any atom is -0.0795 e. The molecule has 0 N–H and O–H groups in total. The van der Waals surface area contributed by atoms with E-state index in [1.807, 2.05) is 18.2 Å². The Morgan fingerprint density at radius 2 is 2.29 bits per heavy atom. The van der Waals surface area contributed by atoms with Gasteiger partial charge in [-0.05, 0) is 18.6 Å². The quantitative estimate of drug-likeness (QED) is 0.398. The second-order valence-corrected chi connectivity index (χ2v) is 1.32. The van der Waals surface area contributed by atoms with Crippen molar-refractivity contribution in [3.05, 3.63) is 35.8 Å². The largest absolute Gasteiger partial charge is 0.0795 e. The van der Waals surface area contributed by atoms with Crippen LogP contribution in [0.2, 0.25) is 0 Å². The Balaban J connectivity index is 2.88. The van der Waals surface area contributed by atoms with Crippen molar-refractivity contribution in [2.75, 3.05) is 0 Å². The highest BCUT2D eigenvalue weighted by Gasteiger charge is 1.67. The Morgan fingerprint density at radius 3 is 3.29 bits per heavy atom. The van der Waals surface area contributed by atoms with Crippen LogP contribution in [0.15, 0.2) is 35.8 Å². The maximum absolute atomic E-state index is 2.85. The average Bonchev–Trinajstić information content (AvgIpc) is 1.90. The van der Waals surface area contributed by atoms with Gasteiger partial charge in [-0.2, -0.15) is 0 Å². The maximum Gasteiger partial charge on any atom is -0.00832 e. The molecule has 0 saturated carbocycles. The third kappa shape index (κ3) is 1.28. The van der Waals surface area contributed by atoms with Crippen LogP contribution >= 0.6 is 0 Å². The van der Waals surface area contributed by atoms with E-state index in [-0.39, 0.29) is 0 Å². The molecule has 0 spiro atoms. The Hall–Kier alpha value is -0.960. The first-order chi connectivity index (χ1) is 3.50. The van der Waals surface area contributed by atoms with Crippen LogP contribution in [0.3, 0.4) is 0 Å². The Morgan fingerprint density at radius 1 is 1.29 bits per heavy atom. The van der Waals surface area contributed by atoms with E-state index in [9.17, 15) is 0 Å². The molecule has 0 radical (unpaired) electrons. The van der Waals surface area contributed by atoms with Gasteiger partial charge in [-0.25, -0.2) is 0 Å². The summed E-state index contributed by atoms with van der Waals surface area (Å²) in [5.74, 6) is 0. The first kappa shape index (κ1) is 4.21. The highest BCUT2D eigenvalue weighted by Crippen LogP contribution is 1.86. The molecule has 0 unspecified atom stereocenters. The minimum absolute atomic E-state index is 0.990. The van der Waals surface area contributed by atoms with Crippen molar-refractivity contribution < 1.29 is 0 Å². The molecule has 0 aromatic rings. The van der Waals surface area contributed by atoms with Crippen molar-refractivity contribution in [1.29, 1.82) is 0 Å². The van der Waals surface area contributed by atoms with Gasteiger partial charge in [0.2, 0.25) is 0 Å². The zero-order valence-electron chi connectivity index (χ0n) is 4.02. The molecule has 0 aliphatic heterocycles. The number of rotatable bonds is 0. The fourth-order valence-electron chi connectivity index (χ4n) is 0.429. The molecule has 0 bridgehead atoms. The van der Waals surface area contributed by atoms with Crippen LogP contribution in [0.5, 0.6) is 0 Å². The van der Waals surface area contributed by atoms with Crippen LogP contribution in [-0.2, 0) is 0 Å². The van der Waals surface area contributed by atoms with Gasteiger partial charge in [-0.15, -0.1) is 0 Å². The summed E-state index contributed by atoms with van der Waals surface area (Å²) in [7, 11) is 0. The predicted molar refractivity (Wildman–Crippen MR) is 29.9 cm³/mol. The number of hydrogen-bond donors (Lipinski definition) is 0. The van der Waals surface area contributed by atoms with Crippen molar-refractivity contribution >= 4 is 0 Å². The van der Waals surface area contributed by atoms with Crippen molar-refractivity contribution in [2.45, 2.75) is 6.42 Å². The average molecular weight is 90.1 g/mol. The highest BCUT2D eigenvalue weighted by atomic mass is 13.7. The molecule has 34 valence electrons. The summed E-state index contributed by atoms with van der Waals surface area (Å²) in [6.45, 7) is 0. The Bertz CT molecular complexity index is 160. The molecular formula is C7H6.